The number of nitrogens with zero attached hydrogens (tertiary/aromatic N) is 4. The number of ether oxygens (including phenoxy) is 1. The van der Waals surface area contributed by atoms with Crippen LogP contribution in [-0.2, 0) is 6.54 Å². The summed E-state index contributed by atoms with van der Waals surface area (Å²) < 4.78 is 31.8. The average Bonchev–Trinajstić information content (AvgIpc) is 2.94. The second kappa shape index (κ2) is 6.77. The van der Waals surface area contributed by atoms with Crippen molar-refractivity contribution in [3.05, 3.63) is 53.6 Å². The lowest BCUT2D eigenvalue weighted by Gasteiger charge is -2.17. The van der Waals surface area contributed by atoms with Gasteiger partial charge in [0, 0.05) is 19.7 Å². The van der Waals surface area contributed by atoms with Gasteiger partial charge in [0.1, 0.15) is 5.75 Å². The molecule has 0 radical (unpaired) electrons. The summed E-state index contributed by atoms with van der Waals surface area (Å²) in [5.74, 6) is 0.789. The number of aromatic nitrogens is 2. The molecule has 0 saturated carbocycles. The van der Waals surface area contributed by atoms with Crippen LogP contribution >= 0.6 is 0 Å². The minimum Gasteiger partial charge on any atom is -0.434 e. The summed E-state index contributed by atoms with van der Waals surface area (Å²) >= 11 is 0. The highest BCUT2D eigenvalue weighted by molar-refractivity contribution is 5.80. The number of nitriles is 1. The van der Waals surface area contributed by atoms with E-state index in [2.05, 4.69) is 15.8 Å². The fourth-order valence-electron chi connectivity index (χ4n) is 2.69. The van der Waals surface area contributed by atoms with Crippen molar-refractivity contribution in [3.63, 3.8) is 0 Å². The molecule has 0 N–H and O–H groups in total. The van der Waals surface area contributed by atoms with Gasteiger partial charge in [-0.3, -0.25) is 0 Å². The molecule has 5 nitrogen and oxygen atoms in total. The van der Waals surface area contributed by atoms with E-state index in [9.17, 15) is 8.78 Å². The second-order valence-electron chi connectivity index (χ2n) is 5.69. The molecule has 0 bridgehead atoms. The number of hydrogen-bond donors (Lipinski definition) is 0. The zero-order valence-corrected chi connectivity index (χ0v) is 13.8. The summed E-state index contributed by atoms with van der Waals surface area (Å²) in [7, 11) is 3.70. The van der Waals surface area contributed by atoms with Gasteiger partial charge < -0.3 is 14.2 Å². The lowest BCUT2D eigenvalue weighted by atomic mass is 10.2. The van der Waals surface area contributed by atoms with Crippen molar-refractivity contribution in [1.82, 2.24) is 9.55 Å². The highest BCUT2D eigenvalue weighted by Gasteiger charge is 2.16. The normalized spacial score (nSPS) is 10.9. The summed E-state index contributed by atoms with van der Waals surface area (Å²) in [4.78, 5) is 6.40. The molecular weight excluding hydrogens is 326 g/mol. The van der Waals surface area contributed by atoms with Crippen LogP contribution < -0.4 is 9.64 Å². The molecule has 1 heterocycles. The van der Waals surface area contributed by atoms with Gasteiger partial charge in [-0.1, -0.05) is 18.2 Å². The third-order valence-corrected chi connectivity index (χ3v) is 3.77. The number of imidazole rings is 1. The molecule has 0 fully saturated rings. The maximum Gasteiger partial charge on any atom is 0.387 e. The fraction of sp³-hybridized carbons (Fsp3) is 0.222. The van der Waals surface area contributed by atoms with Gasteiger partial charge in [0.15, 0.2) is 0 Å². The van der Waals surface area contributed by atoms with E-state index in [1.54, 1.807) is 36.4 Å². The zero-order chi connectivity index (χ0) is 18.0. The van der Waals surface area contributed by atoms with Crippen molar-refractivity contribution in [2.24, 2.45) is 0 Å². The molecule has 2 aromatic carbocycles. The first kappa shape index (κ1) is 16.7. The Bertz CT molecular complexity index is 944. The molecule has 0 aliphatic rings. The maximum atomic E-state index is 12.7. The molecule has 0 amide bonds. The van der Waals surface area contributed by atoms with E-state index in [0.29, 0.717) is 23.6 Å². The van der Waals surface area contributed by atoms with Crippen molar-refractivity contribution in [3.8, 4) is 11.8 Å². The molecule has 1 aromatic heterocycles. The Balaban J connectivity index is 2.12. The minimum absolute atomic E-state index is 0.125. The molecular formula is C18H16F2N4O. The largest absolute Gasteiger partial charge is 0.434 e. The zero-order valence-electron chi connectivity index (χ0n) is 13.8. The van der Waals surface area contributed by atoms with Crippen LogP contribution in [0.25, 0.3) is 11.0 Å². The Hall–Kier alpha value is -3.14. The van der Waals surface area contributed by atoms with Gasteiger partial charge in [0.2, 0.25) is 5.95 Å². The van der Waals surface area contributed by atoms with Gasteiger partial charge in [0.05, 0.1) is 29.2 Å². The lowest BCUT2D eigenvalue weighted by Crippen LogP contribution is -2.16. The topological polar surface area (TPSA) is 54.1 Å². The van der Waals surface area contributed by atoms with Crippen LogP contribution in [0.4, 0.5) is 14.7 Å². The number of rotatable bonds is 5. The van der Waals surface area contributed by atoms with E-state index in [1.165, 1.54) is 6.07 Å². The lowest BCUT2D eigenvalue weighted by molar-refractivity contribution is -0.0504. The van der Waals surface area contributed by atoms with Crippen LogP contribution in [0, 0.1) is 11.3 Å². The van der Waals surface area contributed by atoms with Crippen molar-refractivity contribution in [2.45, 2.75) is 13.2 Å². The van der Waals surface area contributed by atoms with E-state index in [-0.39, 0.29) is 5.75 Å². The molecule has 3 aromatic rings. The summed E-state index contributed by atoms with van der Waals surface area (Å²) in [6.07, 6.45) is 0. The highest BCUT2D eigenvalue weighted by atomic mass is 19.3. The molecule has 128 valence electrons. The molecule has 0 spiro atoms. The minimum atomic E-state index is -2.89. The molecule has 25 heavy (non-hydrogen) atoms. The maximum absolute atomic E-state index is 12.7. The number of alkyl halides is 2. The number of fused-ring (bicyclic) bond motifs is 1. The van der Waals surface area contributed by atoms with E-state index in [0.717, 1.165) is 11.0 Å². The third kappa shape index (κ3) is 3.38. The smallest absolute Gasteiger partial charge is 0.387 e. The summed E-state index contributed by atoms with van der Waals surface area (Å²) in [6.45, 7) is -2.60. The van der Waals surface area contributed by atoms with Crippen LogP contribution in [0.1, 0.15) is 11.1 Å². The van der Waals surface area contributed by atoms with Crippen LogP contribution in [-0.4, -0.2) is 30.3 Å². The van der Waals surface area contributed by atoms with Gasteiger partial charge in [-0.25, -0.2) is 4.98 Å². The standard InChI is InChI=1S/C18H16F2N4O/c1-23(2)18-22-14-8-7-12(10-21)9-15(14)24(18)11-13-5-3-4-6-16(13)25-17(19)20/h3-9,17H,11H2,1-2H3. The van der Waals surface area contributed by atoms with Crippen molar-refractivity contribution < 1.29 is 13.5 Å². The molecule has 7 heteroatoms. The van der Waals surface area contributed by atoms with Crippen LogP contribution in [0.5, 0.6) is 5.75 Å². The molecule has 0 aliphatic heterocycles. The number of para-hydroxylation sites is 1. The number of anilines is 1. The Morgan fingerprint density at radius 3 is 2.68 bits per heavy atom. The van der Waals surface area contributed by atoms with Crippen LogP contribution in [0.15, 0.2) is 42.5 Å². The summed E-state index contributed by atoms with van der Waals surface area (Å²) in [5.41, 5.74) is 2.60. The SMILES string of the molecule is CN(C)c1nc2ccc(C#N)cc2n1Cc1ccccc1OC(F)F. The first-order valence-electron chi connectivity index (χ1n) is 7.60. The average molecular weight is 342 g/mol. The second-order valence-corrected chi connectivity index (χ2v) is 5.69. The highest BCUT2D eigenvalue weighted by Crippen LogP contribution is 2.27. The Morgan fingerprint density at radius 1 is 1.24 bits per heavy atom. The molecule has 3 rings (SSSR count). The number of halogens is 2. The molecule has 0 saturated heterocycles. The van der Waals surface area contributed by atoms with E-state index < -0.39 is 6.61 Å². The predicted molar refractivity (Wildman–Crippen MR) is 91.0 cm³/mol. The Labute approximate surface area is 143 Å². The number of hydrogen-bond acceptors (Lipinski definition) is 4. The van der Waals surface area contributed by atoms with Crippen LogP contribution in [0.3, 0.4) is 0 Å². The molecule has 0 unspecified atom stereocenters. The van der Waals surface area contributed by atoms with Gasteiger partial charge >= 0.3 is 6.61 Å². The predicted octanol–water partition coefficient (Wildman–Crippen LogP) is 3.62. The molecule has 0 atom stereocenters. The van der Waals surface area contributed by atoms with E-state index >= 15 is 0 Å². The first-order chi connectivity index (χ1) is 12.0. The number of benzene rings is 2. The van der Waals surface area contributed by atoms with Crippen molar-refractivity contribution in [2.75, 3.05) is 19.0 Å². The van der Waals surface area contributed by atoms with Crippen molar-refractivity contribution in [1.29, 1.82) is 5.26 Å². The van der Waals surface area contributed by atoms with E-state index in [4.69, 9.17) is 5.26 Å². The third-order valence-electron chi connectivity index (χ3n) is 3.77. The quantitative estimate of drug-likeness (QED) is 0.711. The van der Waals surface area contributed by atoms with Gasteiger partial charge in [-0.05, 0) is 24.3 Å². The van der Waals surface area contributed by atoms with E-state index in [1.807, 2.05) is 23.6 Å². The first-order valence-corrected chi connectivity index (χ1v) is 7.60. The van der Waals surface area contributed by atoms with Gasteiger partial charge in [-0.15, -0.1) is 0 Å². The Morgan fingerprint density at radius 2 is 2.00 bits per heavy atom. The van der Waals surface area contributed by atoms with Gasteiger partial charge in [0.25, 0.3) is 0 Å². The Kier molecular flexibility index (Phi) is 4.52. The van der Waals surface area contributed by atoms with Crippen LogP contribution in [0.2, 0.25) is 0 Å². The molecule has 0 aliphatic carbocycles. The fourth-order valence-corrected chi connectivity index (χ4v) is 2.69. The van der Waals surface area contributed by atoms with Gasteiger partial charge in [-0.2, -0.15) is 14.0 Å². The van der Waals surface area contributed by atoms with Crippen molar-refractivity contribution >= 4 is 17.0 Å². The summed E-state index contributed by atoms with van der Waals surface area (Å²) in [6, 6.07) is 14.0. The summed E-state index contributed by atoms with van der Waals surface area (Å²) in [5, 5.41) is 9.14. The monoisotopic (exact) mass is 342 g/mol.